The van der Waals surface area contributed by atoms with Crippen LogP contribution >= 0.6 is 22.6 Å². The highest BCUT2D eigenvalue weighted by Crippen LogP contribution is 2.38. The van der Waals surface area contributed by atoms with E-state index in [9.17, 15) is 0 Å². The monoisotopic (exact) mass is 343 g/mol. The molecule has 1 aliphatic carbocycles. The van der Waals surface area contributed by atoms with Gasteiger partial charge in [0.1, 0.15) is 0 Å². The SMILES string of the molecule is CCNC(Cc1ccc(I)cc1)C(C)C1CC1. The Bertz CT molecular complexity index is 342. The highest BCUT2D eigenvalue weighted by molar-refractivity contribution is 14.1. The van der Waals surface area contributed by atoms with Crippen molar-refractivity contribution in [2.24, 2.45) is 11.8 Å². The van der Waals surface area contributed by atoms with Gasteiger partial charge in [-0.3, -0.25) is 0 Å². The van der Waals surface area contributed by atoms with Gasteiger partial charge in [-0.05, 0) is 77.9 Å². The summed E-state index contributed by atoms with van der Waals surface area (Å²) >= 11 is 2.37. The Labute approximate surface area is 119 Å². The number of hydrogen-bond donors (Lipinski definition) is 1. The van der Waals surface area contributed by atoms with Gasteiger partial charge in [-0.1, -0.05) is 26.0 Å². The van der Waals surface area contributed by atoms with E-state index in [1.165, 1.54) is 28.4 Å². The third-order valence-electron chi connectivity index (χ3n) is 3.84. The molecule has 2 rings (SSSR count). The Hall–Kier alpha value is -0.0900. The minimum Gasteiger partial charge on any atom is -0.314 e. The lowest BCUT2D eigenvalue weighted by Crippen LogP contribution is -2.37. The van der Waals surface area contributed by atoms with Crippen molar-refractivity contribution >= 4 is 22.6 Å². The van der Waals surface area contributed by atoms with E-state index in [1.807, 2.05) is 0 Å². The van der Waals surface area contributed by atoms with Crippen molar-refractivity contribution in [3.63, 3.8) is 0 Å². The van der Waals surface area contributed by atoms with E-state index >= 15 is 0 Å². The van der Waals surface area contributed by atoms with E-state index in [1.54, 1.807) is 0 Å². The molecule has 1 aromatic rings. The highest BCUT2D eigenvalue weighted by Gasteiger charge is 2.32. The Morgan fingerprint density at radius 2 is 1.94 bits per heavy atom. The van der Waals surface area contributed by atoms with Crippen LogP contribution in [-0.2, 0) is 6.42 Å². The average molecular weight is 343 g/mol. The molecule has 1 saturated carbocycles. The minimum atomic E-state index is 0.646. The van der Waals surface area contributed by atoms with Gasteiger partial charge in [0.05, 0.1) is 0 Å². The summed E-state index contributed by atoms with van der Waals surface area (Å²) in [5, 5.41) is 3.66. The van der Waals surface area contributed by atoms with Crippen molar-refractivity contribution in [3.05, 3.63) is 33.4 Å². The lowest BCUT2D eigenvalue weighted by molar-refractivity contribution is 0.344. The Balaban J connectivity index is 1.98. The van der Waals surface area contributed by atoms with Crippen LogP contribution in [-0.4, -0.2) is 12.6 Å². The third-order valence-corrected chi connectivity index (χ3v) is 4.55. The molecule has 0 amide bonds. The van der Waals surface area contributed by atoms with Crippen molar-refractivity contribution < 1.29 is 0 Å². The van der Waals surface area contributed by atoms with Crippen LogP contribution in [0.1, 0.15) is 32.3 Å². The summed E-state index contributed by atoms with van der Waals surface area (Å²) in [6.45, 7) is 5.70. The molecule has 0 bridgehead atoms. The molecule has 1 aromatic carbocycles. The molecule has 0 radical (unpaired) electrons. The van der Waals surface area contributed by atoms with E-state index in [-0.39, 0.29) is 0 Å². The van der Waals surface area contributed by atoms with Crippen molar-refractivity contribution in [2.45, 2.75) is 39.2 Å². The predicted octanol–water partition coefficient (Wildman–Crippen LogP) is 3.86. The largest absolute Gasteiger partial charge is 0.314 e. The summed E-state index contributed by atoms with van der Waals surface area (Å²) in [4.78, 5) is 0. The van der Waals surface area contributed by atoms with Gasteiger partial charge in [0.2, 0.25) is 0 Å². The van der Waals surface area contributed by atoms with Gasteiger partial charge in [-0.25, -0.2) is 0 Å². The highest BCUT2D eigenvalue weighted by atomic mass is 127. The maximum absolute atomic E-state index is 3.66. The molecule has 17 heavy (non-hydrogen) atoms. The standard InChI is InChI=1S/C15H22IN/c1-3-17-15(11(2)13-6-7-13)10-12-4-8-14(16)9-5-12/h4-5,8-9,11,13,15,17H,3,6-7,10H2,1-2H3. The second-order valence-corrected chi connectivity index (χ2v) is 6.44. The van der Waals surface area contributed by atoms with Gasteiger partial charge >= 0.3 is 0 Å². The normalized spacial score (nSPS) is 19.0. The quantitative estimate of drug-likeness (QED) is 0.774. The van der Waals surface area contributed by atoms with Crippen LogP contribution in [0.2, 0.25) is 0 Å². The maximum Gasteiger partial charge on any atom is 0.0136 e. The average Bonchev–Trinajstić information content (AvgIpc) is 3.14. The molecule has 1 aliphatic rings. The first-order valence-corrected chi connectivity index (χ1v) is 7.76. The van der Waals surface area contributed by atoms with Crippen LogP contribution in [0, 0.1) is 15.4 Å². The molecule has 1 nitrogen and oxygen atoms in total. The number of halogens is 1. The molecule has 0 aromatic heterocycles. The van der Waals surface area contributed by atoms with Gasteiger partial charge in [0.15, 0.2) is 0 Å². The first kappa shape index (κ1) is 13.3. The zero-order chi connectivity index (χ0) is 12.3. The van der Waals surface area contributed by atoms with E-state index < -0.39 is 0 Å². The summed E-state index contributed by atoms with van der Waals surface area (Å²) in [7, 11) is 0. The first-order chi connectivity index (χ1) is 8.20. The second-order valence-electron chi connectivity index (χ2n) is 5.19. The van der Waals surface area contributed by atoms with Crippen LogP contribution in [0.5, 0.6) is 0 Å². The lowest BCUT2D eigenvalue weighted by Gasteiger charge is -2.25. The molecular weight excluding hydrogens is 321 g/mol. The fraction of sp³-hybridized carbons (Fsp3) is 0.600. The number of rotatable bonds is 6. The van der Waals surface area contributed by atoms with Crippen molar-refractivity contribution in [1.29, 1.82) is 0 Å². The van der Waals surface area contributed by atoms with Crippen LogP contribution in [0.25, 0.3) is 0 Å². The van der Waals surface area contributed by atoms with Crippen LogP contribution in [0.3, 0.4) is 0 Å². The number of hydrogen-bond acceptors (Lipinski definition) is 1. The zero-order valence-electron chi connectivity index (χ0n) is 10.7. The topological polar surface area (TPSA) is 12.0 Å². The number of likely N-dealkylation sites (N-methyl/N-ethyl adjacent to an activating group) is 1. The van der Waals surface area contributed by atoms with Gasteiger partial charge in [0, 0.05) is 9.61 Å². The van der Waals surface area contributed by atoms with Crippen LogP contribution in [0.4, 0.5) is 0 Å². The Kier molecular flexibility index (Phi) is 4.86. The molecule has 1 N–H and O–H groups in total. The summed E-state index contributed by atoms with van der Waals surface area (Å²) in [5.74, 6) is 1.79. The maximum atomic E-state index is 3.66. The Morgan fingerprint density at radius 3 is 2.47 bits per heavy atom. The first-order valence-electron chi connectivity index (χ1n) is 6.68. The van der Waals surface area contributed by atoms with E-state index in [2.05, 4.69) is 66.0 Å². The number of nitrogens with one attached hydrogen (secondary N) is 1. The molecule has 0 saturated heterocycles. The molecule has 2 heteroatoms. The molecule has 0 spiro atoms. The van der Waals surface area contributed by atoms with Crippen molar-refractivity contribution in [1.82, 2.24) is 5.32 Å². The Morgan fingerprint density at radius 1 is 1.29 bits per heavy atom. The van der Waals surface area contributed by atoms with E-state index in [4.69, 9.17) is 0 Å². The summed E-state index contributed by atoms with van der Waals surface area (Å²) in [6.07, 6.45) is 4.05. The lowest BCUT2D eigenvalue weighted by atomic mass is 9.91. The summed E-state index contributed by atoms with van der Waals surface area (Å²) < 4.78 is 1.32. The molecule has 2 unspecified atom stereocenters. The molecular formula is C15H22IN. The van der Waals surface area contributed by atoms with E-state index in [0.29, 0.717) is 6.04 Å². The fourth-order valence-electron chi connectivity index (χ4n) is 2.53. The summed E-state index contributed by atoms with van der Waals surface area (Å²) in [5.41, 5.74) is 1.46. The molecule has 0 heterocycles. The molecule has 2 atom stereocenters. The second kappa shape index (κ2) is 6.19. The number of benzene rings is 1. The van der Waals surface area contributed by atoms with Crippen molar-refractivity contribution in [2.75, 3.05) is 6.54 Å². The van der Waals surface area contributed by atoms with Gasteiger partial charge < -0.3 is 5.32 Å². The molecule has 1 fully saturated rings. The zero-order valence-corrected chi connectivity index (χ0v) is 12.9. The van der Waals surface area contributed by atoms with Crippen molar-refractivity contribution in [3.8, 4) is 0 Å². The minimum absolute atomic E-state index is 0.646. The van der Waals surface area contributed by atoms with E-state index in [0.717, 1.165) is 18.4 Å². The van der Waals surface area contributed by atoms with Gasteiger partial charge in [-0.2, -0.15) is 0 Å². The third kappa shape index (κ3) is 3.95. The fourth-order valence-corrected chi connectivity index (χ4v) is 2.89. The molecule has 0 aliphatic heterocycles. The van der Waals surface area contributed by atoms with Gasteiger partial charge in [-0.15, -0.1) is 0 Å². The molecule has 94 valence electrons. The van der Waals surface area contributed by atoms with Gasteiger partial charge in [0.25, 0.3) is 0 Å². The summed E-state index contributed by atoms with van der Waals surface area (Å²) in [6, 6.07) is 9.60. The smallest absolute Gasteiger partial charge is 0.0136 e. The van der Waals surface area contributed by atoms with Crippen LogP contribution in [0.15, 0.2) is 24.3 Å². The van der Waals surface area contributed by atoms with Crippen LogP contribution < -0.4 is 5.32 Å². The predicted molar refractivity (Wildman–Crippen MR) is 82.2 cm³/mol.